The van der Waals surface area contributed by atoms with Crippen LogP contribution in [0.4, 0.5) is 5.69 Å². The Morgan fingerprint density at radius 1 is 1.33 bits per heavy atom. The van der Waals surface area contributed by atoms with Crippen molar-refractivity contribution in [3.63, 3.8) is 0 Å². The van der Waals surface area contributed by atoms with Gasteiger partial charge in [-0.1, -0.05) is 18.6 Å². The summed E-state index contributed by atoms with van der Waals surface area (Å²) in [5.74, 6) is 0. The van der Waals surface area contributed by atoms with Gasteiger partial charge in [-0.15, -0.1) is 0 Å². The monoisotopic (exact) mass is 249 g/mol. The highest BCUT2D eigenvalue weighted by atomic mass is 16.6. The minimum Gasteiger partial charge on any atom is -0.258 e. The van der Waals surface area contributed by atoms with Crippen molar-refractivity contribution >= 4 is 5.69 Å². The molecule has 1 fully saturated rings. The summed E-state index contributed by atoms with van der Waals surface area (Å²) in [6.45, 7) is 4.54. The molecule has 0 radical (unpaired) electrons. The first-order valence-corrected chi connectivity index (χ1v) is 6.39. The smallest absolute Gasteiger partial charge is 0.258 e. The summed E-state index contributed by atoms with van der Waals surface area (Å²) in [7, 11) is 0. The third-order valence-corrected chi connectivity index (χ3v) is 3.33. The van der Waals surface area contributed by atoms with Crippen LogP contribution in [0.15, 0.2) is 18.2 Å². The van der Waals surface area contributed by atoms with Crippen LogP contribution < -0.4 is 5.43 Å². The number of hydrazine groups is 1. The van der Waals surface area contributed by atoms with Crippen LogP contribution in [0.1, 0.15) is 30.4 Å². The average molecular weight is 249 g/mol. The summed E-state index contributed by atoms with van der Waals surface area (Å²) in [5.41, 5.74) is 5.20. The predicted octanol–water partition coefficient (Wildman–Crippen LogP) is 2.39. The van der Waals surface area contributed by atoms with Crippen molar-refractivity contribution in [2.45, 2.75) is 32.7 Å². The Labute approximate surface area is 107 Å². The maximum Gasteiger partial charge on any atom is 0.272 e. The Morgan fingerprint density at radius 2 is 2.06 bits per heavy atom. The van der Waals surface area contributed by atoms with Crippen LogP contribution in [0.3, 0.4) is 0 Å². The van der Waals surface area contributed by atoms with Crippen molar-refractivity contribution in [1.29, 1.82) is 0 Å². The van der Waals surface area contributed by atoms with Gasteiger partial charge in [0.2, 0.25) is 0 Å². The minimum absolute atomic E-state index is 0.202. The molecule has 1 aliphatic rings. The van der Waals surface area contributed by atoms with E-state index >= 15 is 0 Å². The zero-order valence-electron chi connectivity index (χ0n) is 10.7. The Bertz CT molecular complexity index is 428. The first kappa shape index (κ1) is 13.0. The third-order valence-electron chi connectivity index (χ3n) is 3.33. The van der Waals surface area contributed by atoms with Crippen LogP contribution in [0.25, 0.3) is 0 Å². The lowest BCUT2D eigenvalue weighted by Gasteiger charge is -2.27. The van der Waals surface area contributed by atoms with Gasteiger partial charge in [-0.2, -0.15) is 0 Å². The number of nitro benzene ring substituents is 1. The number of piperidine rings is 1. The Hall–Kier alpha value is -1.46. The van der Waals surface area contributed by atoms with Crippen LogP contribution in [-0.4, -0.2) is 23.0 Å². The molecule has 2 rings (SSSR count). The van der Waals surface area contributed by atoms with Crippen LogP contribution >= 0.6 is 0 Å². The molecule has 18 heavy (non-hydrogen) atoms. The van der Waals surface area contributed by atoms with E-state index in [1.807, 2.05) is 12.1 Å². The van der Waals surface area contributed by atoms with E-state index in [2.05, 4.69) is 10.4 Å². The van der Waals surface area contributed by atoms with Crippen molar-refractivity contribution in [2.24, 2.45) is 0 Å². The molecule has 1 aromatic carbocycles. The number of hydrogen-bond acceptors (Lipinski definition) is 4. The fourth-order valence-electron chi connectivity index (χ4n) is 2.22. The molecule has 1 aromatic rings. The van der Waals surface area contributed by atoms with Gasteiger partial charge in [0.1, 0.15) is 0 Å². The highest BCUT2D eigenvalue weighted by Gasteiger charge is 2.12. The van der Waals surface area contributed by atoms with E-state index in [1.54, 1.807) is 13.0 Å². The average Bonchev–Trinajstić information content (AvgIpc) is 2.38. The Balaban J connectivity index is 1.96. The van der Waals surface area contributed by atoms with Crippen LogP contribution in [-0.2, 0) is 6.54 Å². The van der Waals surface area contributed by atoms with Gasteiger partial charge >= 0.3 is 0 Å². The summed E-state index contributed by atoms with van der Waals surface area (Å²) >= 11 is 0. The summed E-state index contributed by atoms with van der Waals surface area (Å²) in [4.78, 5) is 10.5. The van der Waals surface area contributed by atoms with Crippen molar-refractivity contribution in [2.75, 3.05) is 13.1 Å². The second kappa shape index (κ2) is 5.93. The van der Waals surface area contributed by atoms with Gasteiger partial charge in [0.25, 0.3) is 5.69 Å². The van der Waals surface area contributed by atoms with Gasteiger partial charge in [0.05, 0.1) is 4.92 Å². The molecule has 0 spiro atoms. The molecule has 0 atom stereocenters. The van der Waals surface area contributed by atoms with Crippen molar-refractivity contribution in [1.82, 2.24) is 10.4 Å². The Kier molecular flexibility index (Phi) is 4.28. The van der Waals surface area contributed by atoms with E-state index in [1.165, 1.54) is 19.3 Å². The molecular weight excluding hydrogens is 230 g/mol. The SMILES string of the molecule is Cc1ccc(CNN2CCCCC2)cc1[N+](=O)[O-]. The summed E-state index contributed by atoms with van der Waals surface area (Å²) in [6.07, 6.45) is 3.75. The number of nitrogens with one attached hydrogen (secondary N) is 1. The molecule has 1 saturated heterocycles. The number of nitrogens with zero attached hydrogens (tertiary/aromatic N) is 2. The number of nitro groups is 1. The molecule has 0 unspecified atom stereocenters. The highest BCUT2D eigenvalue weighted by Crippen LogP contribution is 2.19. The zero-order valence-corrected chi connectivity index (χ0v) is 10.7. The van der Waals surface area contributed by atoms with E-state index < -0.39 is 0 Å². The molecule has 0 aromatic heterocycles. The lowest BCUT2D eigenvalue weighted by Crippen LogP contribution is -2.41. The standard InChI is InChI=1S/C13H19N3O2/c1-11-5-6-12(9-13(11)16(17)18)10-14-15-7-3-2-4-8-15/h5-6,9,14H,2-4,7-8,10H2,1H3. The second-order valence-electron chi connectivity index (χ2n) is 4.76. The van der Waals surface area contributed by atoms with Crippen LogP contribution in [0.5, 0.6) is 0 Å². The van der Waals surface area contributed by atoms with E-state index in [9.17, 15) is 10.1 Å². The molecule has 5 heteroatoms. The van der Waals surface area contributed by atoms with Gasteiger partial charge in [0, 0.05) is 31.3 Å². The van der Waals surface area contributed by atoms with Crippen LogP contribution in [0, 0.1) is 17.0 Å². The Morgan fingerprint density at radius 3 is 2.72 bits per heavy atom. The molecule has 5 nitrogen and oxygen atoms in total. The van der Waals surface area contributed by atoms with Gasteiger partial charge in [-0.25, -0.2) is 5.01 Å². The van der Waals surface area contributed by atoms with E-state index in [0.29, 0.717) is 12.1 Å². The largest absolute Gasteiger partial charge is 0.272 e. The molecule has 1 heterocycles. The first-order chi connectivity index (χ1) is 8.66. The number of rotatable bonds is 4. The molecule has 1 aliphatic heterocycles. The molecule has 98 valence electrons. The number of aryl methyl sites for hydroxylation is 1. The molecule has 1 N–H and O–H groups in total. The minimum atomic E-state index is -0.320. The summed E-state index contributed by atoms with van der Waals surface area (Å²) in [5, 5.41) is 13.1. The normalized spacial score (nSPS) is 16.7. The van der Waals surface area contributed by atoms with E-state index in [-0.39, 0.29) is 10.6 Å². The quantitative estimate of drug-likeness (QED) is 0.657. The molecule has 0 bridgehead atoms. The first-order valence-electron chi connectivity index (χ1n) is 6.39. The maximum absolute atomic E-state index is 10.9. The predicted molar refractivity (Wildman–Crippen MR) is 70.1 cm³/mol. The van der Waals surface area contributed by atoms with Crippen molar-refractivity contribution in [3.05, 3.63) is 39.4 Å². The van der Waals surface area contributed by atoms with Gasteiger partial charge in [-0.3, -0.25) is 15.5 Å². The van der Waals surface area contributed by atoms with Gasteiger partial charge in [-0.05, 0) is 25.3 Å². The molecular formula is C13H19N3O2. The zero-order chi connectivity index (χ0) is 13.0. The summed E-state index contributed by atoms with van der Waals surface area (Å²) < 4.78 is 0. The number of hydrogen-bond donors (Lipinski definition) is 1. The third kappa shape index (κ3) is 3.27. The van der Waals surface area contributed by atoms with Crippen molar-refractivity contribution in [3.8, 4) is 0 Å². The van der Waals surface area contributed by atoms with Gasteiger partial charge < -0.3 is 0 Å². The summed E-state index contributed by atoms with van der Waals surface area (Å²) in [6, 6.07) is 5.41. The second-order valence-corrected chi connectivity index (χ2v) is 4.76. The topological polar surface area (TPSA) is 58.4 Å². The highest BCUT2D eigenvalue weighted by molar-refractivity contribution is 5.42. The van der Waals surface area contributed by atoms with E-state index in [0.717, 1.165) is 18.7 Å². The molecule has 0 saturated carbocycles. The van der Waals surface area contributed by atoms with E-state index in [4.69, 9.17) is 0 Å². The van der Waals surface area contributed by atoms with Crippen LogP contribution in [0.2, 0.25) is 0 Å². The van der Waals surface area contributed by atoms with Gasteiger partial charge in [0.15, 0.2) is 0 Å². The fourth-order valence-corrected chi connectivity index (χ4v) is 2.22. The van der Waals surface area contributed by atoms with Crippen molar-refractivity contribution < 1.29 is 4.92 Å². The lowest BCUT2D eigenvalue weighted by molar-refractivity contribution is -0.385. The molecule has 0 aliphatic carbocycles. The maximum atomic E-state index is 10.9. The molecule has 0 amide bonds. The number of benzene rings is 1. The lowest BCUT2D eigenvalue weighted by atomic mass is 10.1. The fraction of sp³-hybridized carbons (Fsp3) is 0.538.